The molecule has 0 aliphatic carbocycles. The van der Waals surface area contributed by atoms with Crippen molar-refractivity contribution in [3.8, 4) is 10.4 Å². The van der Waals surface area contributed by atoms with Gasteiger partial charge >= 0.3 is 6.18 Å². The number of nitrogens with one attached hydrogen (secondary N) is 2. The lowest BCUT2D eigenvalue weighted by molar-refractivity contribution is -0.137. The number of thiazole rings is 1. The Labute approximate surface area is 186 Å². The molecule has 2 heterocycles. The van der Waals surface area contributed by atoms with Crippen molar-refractivity contribution in [2.24, 2.45) is 0 Å². The lowest BCUT2D eigenvalue weighted by atomic mass is 10.1. The maximum atomic E-state index is 12.9. The smallest absolute Gasteiger partial charge is 0.307 e. The molecule has 0 saturated heterocycles. The van der Waals surface area contributed by atoms with Gasteiger partial charge in [0.25, 0.3) is 5.91 Å². The zero-order chi connectivity index (χ0) is 23.3. The van der Waals surface area contributed by atoms with Gasteiger partial charge in [-0.25, -0.2) is 9.97 Å². The van der Waals surface area contributed by atoms with Gasteiger partial charge in [0.2, 0.25) is 5.91 Å². The van der Waals surface area contributed by atoms with Gasteiger partial charge in [-0.1, -0.05) is 30.7 Å². The fraction of sp³-hybridized carbons (Fsp3) is 0.273. The van der Waals surface area contributed by atoms with Crippen LogP contribution in [-0.2, 0) is 11.0 Å². The normalized spacial score (nSPS) is 11.3. The van der Waals surface area contributed by atoms with Gasteiger partial charge in [0, 0.05) is 18.2 Å². The minimum absolute atomic E-state index is 0.101. The van der Waals surface area contributed by atoms with Crippen LogP contribution in [0.3, 0.4) is 0 Å². The largest absolute Gasteiger partial charge is 0.416 e. The van der Waals surface area contributed by atoms with E-state index in [2.05, 4.69) is 20.6 Å². The fourth-order valence-electron chi connectivity index (χ4n) is 2.90. The van der Waals surface area contributed by atoms with Crippen molar-refractivity contribution in [3.05, 3.63) is 59.4 Å². The summed E-state index contributed by atoms with van der Waals surface area (Å²) < 4.78 is 38.7. The van der Waals surface area contributed by atoms with E-state index in [4.69, 9.17) is 0 Å². The third-order valence-electron chi connectivity index (χ3n) is 4.52. The molecule has 6 nitrogen and oxygen atoms in total. The quantitative estimate of drug-likeness (QED) is 0.457. The second kappa shape index (κ2) is 9.90. The zero-order valence-electron chi connectivity index (χ0n) is 17.4. The van der Waals surface area contributed by atoms with Gasteiger partial charge in [-0.15, -0.1) is 0 Å². The maximum Gasteiger partial charge on any atom is 0.416 e. The molecule has 0 aliphatic heterocycles. The highest BCUT2D eigenvalue weighted by atomic mass is 32.1. The lowest BCUT2D eigenvalue weighted by Crippen LogP contribution is -2.14. The van der Waals surface area contributed by atoms with Crippen molar-refractivity contribution < 1.29 is 22.8 Å². The van der Waals surface area contributed by atoms with Gasteiger partial charge in [0.05, 0.1) is 16.1 Å². The fourth-order valence-corrected chi connectivity index (χ4v) is 3.88. The number of alkyl halides is 3. The first-order valence-electron chi connectivity index (χ1n) is 9.89. The number of halogens is 3. The molecule has 10 heteroatoms. The van der Waals surface area contributed by atoms with Crippen molar-refractivity contribution in [2.75, 3.05) is 10.6 Å². The van der Waals surface area contributed by atoms with Crippen LogP contribution in [0.25, 0.3) is 10.4 Å². The van der Waals surface area contributed by atoms with Crippen LogP contribution < -0.4 is 10.6 Å². The number of anilines is 2. The molecule has 3 aromatic rings. The number of carbonyl (C=O) groups excluding carboxylic acids is 2. The number of hydrogen-bond acceptors (Lipinski definition) is 5. The molecule has 0 atom stereocenters. The van der Waals surface area contributed by atoms with E-state index in [0.717, 1.165) is 29.9 Å². The minimum Gasteiger partial charge on any atom is -0.307 e. The molecular weight excluding hydrogens is 441 g/mol. The highest BCUT2D eigenvalue weighted by Gasteiger charge is 2.31. The molecule has 0 unspecified atom stereocenters. The van der Waals surface area contributed by atoms with Crippen molar-refractivity contribution >= 4 is 34.1 Å². The molecule has 0 aliphatic rings. The van der Waals surface area contributed by atoms with E-state index in [1.165, 1.54) is 29.7 Å². The number of amides is 2. The molecule has 2 amide bonds. The van der Waals surface area contributed by atoms with Crippen LogP contribution in [0.5, 0.6) is 0 Å². The molecule has 0 fully saturated rings. The Morgan fingerprint density at radius 2 is 1.91 bits per heavy atom. The van der Waals surface area contributed by atoms with Gasteiger partial charge < -0.3 is 10.6 Å². The number of aryl methyl sites for hydroxylation is 1. The van der Waals surface area contributed by atoms with E-state index < -0.39 is 17.6 Å². The number of carbonyl (C=O) groups is 2. The topological polar surface area (TPSA) is 84.0 Å². The predicted molar refractivity (Wildman–Crippen MR) is 118 cm³/mol. The summed E-state index contributed by atoms with van der Waals surface area (Å²) in [6, 6.07) is 7.51. The van der Waals surface area contributed by atoms with Crippen LogP contribution >= 0.6 is 11.3 Å². The van der Waals surface area contributed by atoms with Gasteiger partial charge in [0.15, 0.2) is 5.13 Å². The van der Waals surface area contributed by atoms with Gasteiger partial charge in [-0.3, -0.25) is 9.59 Å². The van der Waals surface area contributed by atoms with Crippen molar-refractivity contribution in [1.82, 2.24) is 9.97 Å². The Hall–Kier alpha value is -3.27. The van der Waals surface area contributed by atoms with Crippen LogP contribution in [0, 0.1) is 6.92 Å². The summed E-state index contributed by atoms with van der Waals surface area (Å²) in [5, 5.41) is 5.79. The van der Waals surface area contributed by atoms with E-state index in [-0.39, 0.29) is 17.3 Å². The first-order valence-corrected chi connectivity index (χ1v) is 10.7. The SMILES string of the molecule is CCCCC(=O)Nc1nc(C)c(-c2ccnc(NC(=O)c3cccc(C(F)(F)F)c3)c2)s1. The summed E-state index contributed by atoms with van der Waals surface area (Å²) >= 11 is 1.29. The Balaban J connectivity index is 1.76. The van der Waals surface area contributed by atoms with Crippen LogP contribution in [0.4, 0.5) is 24.1 Å². The van der Waals surface area contributed by atoms with E-state index >= 15 is 0 Å². The molecular formula is C22H21F3N4O2S. The summed E-state index contributed by atoms with van der Waals surface area (Å²) in [6.07, 6.45) is -0.924. The Bertz CT molecular complexity index is 1130. The molecule has 168 valence electrons. The van der Waals surface area contributed by atoms with Crippen molar-refractivity contribution in [3.63, 3.8) is 0 Å². The number of aromatic nitrogens is 2. The van der Waals surface area contributed by atoms with Gasteiger partial charge in [-0.05, 0) is 49.2 Å². The molecule has 0 radical (unpaired) electrons. The number of hydrogen-bond donors (Lipinski definition) is 2. The van der Waals surface area contributed by atoms with Gasteiger partial charge in [-0.2, -0.15) is 13.2 Å². The van der Waals surface area contributed by atoms with Crippen LogP contribution in [0.15, 0.2) is 42.6 Å². The molecule has 2 aromatic heterocycles. The molecule has 2 N–H and O–H groups in total. The van der Waals surface area contributed by atoms with Crippen molar-refractivity contribution in [1.29, 1.82) is 0 Å². The first-order chi connectivity index (χ1) is 15.2. The van der Waals surface area contributed by atoms with Crippen LogP contribution in [-0.4, -0.2) is 21.8 Å². The average Bonchev–Trinajstić information content (AvgIpc) is 3.11. The number of nitrogens with zero attached hydrogens (tertiary/aromatic N) is 2. The number of unbranched alkanes of at least 4 members (excludes halogenated alkanes) is 1. The van der Waals surface area contributed by atoms with Crippen molar-refractivity contribution in [2.45, 2.75) is 39.3 Å². The molecule has 0 saturated carbocycles. The minimum atomic E-state index is -4.54. The van der Waals surface area contributed by atoms with E-state index in [1.54, 1.807) is 19.1 Å². The standard InChI is InChI=1S/C22H21F3N4O2S/c1-3-4-8-18(30)29-21-27-13(2)19(32-21)14-9-10-26-17(12-14)28-20(31)15-6-5-7-16(11-15)22(23,24)25/h5-7,9-12H,3-4,8H2,1-2H3,(H,26,28,31)(H,27,29,30). The van der Waals surface area contributed by atoms with E-state index in [9.17, 15) is 22.8 Å². The predicted octanol–water partition coefficient (Wildman–Crippen LogP) is 5.91. The average molecular weight is 462 g/mol. The first kappa shape index (κ1) is 23.4. The number of benzene rings is 1. The third kappa shape index (κ3) is 5.91. The van der Waals surface area contributed by atoms with E-state index in [0.29, 0.717) is 22.8 Å². The third-order valence-corrected chi connectivity index (χ3v) is 5.64. The molecule has 1 aromatic carbocycles. The van der Waals surface area contributed by atoms with Crippen LogP contribution in [0.2, 0.25) is 0 Å². The summed E-state index contributed by atoms with van der Waals surface area (Å²) in [4.78, 5) is 33.6. The zero-order valence-corrected chi connectivity index (χ0v) is 18.2. The summed E-state index contributed by atoms with van der Waals surface area (Å²) in [5.41, 5.74) is 0.379. The molecule has 0 spiro atoms. The molecule has 0 bridgehead atoms. The second-order valence-electron chi connectivity index (χ2n) is 7.05. The molecule has 3 rings (SSSR count). The second-order valence-corrected chi connectivity index (χ2v) is 8.05. The van der Waals surface area contributed by atoms with Gasteiger partial charge in [0.1, 0.15) is 5.82 Å². The molecule has 32 heavy (non-hydrogen) atoms. The van der Waals surface area contributed by atoms with Crippen LogP contribution in [0.1, 0.15) is 47.8 Å². The Morgan fingerprint density at radius 1 is 1.12 bits per heavy atom. The summed E-state index contributed by atoms with van der Waals surface area (Å²) in [6.45, 7) is 3.81. The Morgan fingerprint density at radius 3 is 2.62 bits per heavy atom. The highest BCUT2D eigenvalue weighted by Crippen LogP contribution is 2.34. The Kier molecular flexibility index (Phi) is 7.24. The van der Waals surface area contributed by atoms with E-state index in [1.807, 2.05) is 6.92 Å². The number of rotatable bonds is 7. The number of pyridine rings is 1. The summed E-state index contributed by atoms with van der Waals surface area (Å²) in [5.74, 6) is -0.618. The summed E-state index contributed by atoms with van der Waals surface area (Å²) in [7, 11) is 0. The highest BCUT2D eigenvalue weighted by molar-refractivity contribution is 7.19. The monoisotopic (exact) mass is 462 g/mol. The lowest BCUT2D eigenvalue weighted by Gasteiger charge is -2.09. The maximum absolute atomic E-state index is 12.9.